The van der Waals surface area contributed by atoms with Crippen LogP contribution in [0.4, 0.5) is 0 Å². The lowest BCUT2D eigenvalue weighted by molar-refractivity contribution is 0.103. The van der Waals surface area contributed by atoms with Gasteiger partial charge in [0.25, 0.3) is 0 Å². The van der Waals surface area contributed by atoms with E-state index in [0.717, 1.165) is 38.7 Å². The molecular weight excluding hydrogens is 328 g/mol. The third kappa shape index (κ3) is 2.63. The second-order valence-electron chi connectivity index (χ2n) is 6.99. The van der Waals surface area contributed by atoms with Crippen LogP contribution in [0, 0.1) is 0 Å². The van der Waals surface area contributed by atoms with Crippen molar-refractivity contribution in [3.63, 3.8) is 0 Å². The Bertz CT molecular complexity index is 1100. The van der Waals surface area contributed by atoms with Gasteiger partial charge in [0.2, 0.25) is 0 Å². The van der Waals surface area contributed by atoms with Crippen molar-refractivity contribution in [1.82, 2.24) is 19.9 Å². The zero-order chi connectivity index (χ0) is 18.3. The number of aliphatic hydroxyl groups is 2. The van der Waals surface area contributed by atoms with Crippen LogP contribution in [0.2, 0.25) is 0 Å². The summed E-state index contributed by atoms with van der Waals surface area (Å²) in [5.41, 5.74) is 4.89. The predicted octanol–water partition coefficient (Wildman–Crippen LogP) is 2.11. The fourth-order valence-corrected chi connectivity index (χ4v) is 3.30. The van der Waals surface area contributed by atoms with E-state index >= 15 is 0 Å². The van der Waals surface area contributed by atoms with Crippen molar-refractivity contribution in [3.8, 4) is 0 Å². The van der Waals surface area contributed by atoms with Crippen LogP contribution < -0.4 is 5.32 Å². The molecule has 0 saturated carbocycles. The maximum absolute atomic E-state index is 9.51. The number of nitrogens with one attached hydrogen (secondary N) is 1. The Labute approximate surface area is 151 Å². The molecule has 4 rings (SSSR count). The number of aromatic nitrogens is 3. The van der Waals surface area contributed by atoms with E-state index in [1.54, 1.807) is 6.92 Å². The summed E-state index contributed by atoms with van der Waals surface area (Å²) in [7, 11) is 1.99. The molecule has 2 heterocycles. The van der Waals surface area contributed by atoms with E-state index in [9.17, 15) is 10.2 Å². The molecule has 2 aromatic carbocycles. The third-order valence-corrected chi connectivity index (χ3v) is 4.98. The molecule has 0 amide bonds. The molecule has 134 valence electrons. The second kappa shape index (κ2) is 6.32. The summed E-state index contributed by atoms with van der Waals surface area (Å²) in [6.07, 6.45) is 0. The average molecular weight is 350 g/mol. The van der Waals surface area contributed by atoms with Gasteiger partial charge in [0, 0.05) is 19.0 Å². The number of para-hydroxylation sites is 3. The van der Waals surface area contributed by atoms with Crippen LogP contribution in [0.5, 0.6) is 0 Å². The van der Waals surface area contributed by atoms with Crippen molar-refractivity contribution in [1.29, 1.82) is 0 Å². The maximum atomic E-state index is 9.51. The highest BCUT2D eigenvalue weighted by Gasteiger charge is 2.22. The van der Waals surface area contributed by atoms with Crippen LogP contribution in [-0.2, 0) is 13.6 Å². The van der Waals surface area contributed by atoms with Gasteiger partial charge in [0.1, 0.15) is 5.52 Å². The first-order valence-corrected chi connectivity index (χ1v) is 8.66. The van der Waals surface area contributed by atoms with Gasteiger partial charge in [-0.25, -0.2) is 9.97 Å². The van der Waals surface area contributed by atoms with Gasteiger partial charge < -0.3 is 20.1 Å². The van der Waals surface area contributed by atoms with E-state index in [-0.39, 0.29) is 13.2 Å². The third-order valence-electron chi connectivity index (χ3n) is 4.98. The largest absolute Gasteiger partial charge is 0.394 e. The first-order valence-electron chi connectivity index (χ1n) is 8.66. The molecule has 6 heteroatoms. The van der Waals surface area contributed by atoms with Crippen LogP contribution in [-0.4, -0.2) is 43.5 Å². The molecule has 0 atom stereocenters. The zero-order valence-electron chi connectivity index (χ0n) is 14.9. The van der Waals surface area contributed by atoms with Gasteiger partial charge in [-0.05, 0) is 24.6 Å². The molecular formula is C20H22N4O2. The highest BCUT2D eigenvalue weighted by molar-refractivity contribution is 6.07. The molecule has 0 aliphatic heterocycles. The molecule has 26 heavy (non-hydrogen) atoms. The molecule has 0 saturated heterocycles. The smallest absolute Gasteiger partial charge is 0.160 e. The van der Waals surface area contributed by atoms with Gasteiger partial charge in [-0.3, -0.25) is 0 Å². The number of hydrogen-bond acceptors (Lipinski definition) is 5. The van der Waals surface area contributed by atoms with E-state index in [1.165, 1.54) is 0 Å². The van der Waals surface area contributed by atoms with E-state index in [4.69, 9.17) is 9.97 Å². The summed E-state index contributed by atoms with van der Waals surface area (Å²) < 4.78 is 2.07. The van der Waals surface area contributed by atoms with Gasteiger partial charge in [-0.2, -0.15) is 0 Å². The van der Waals surface area contributed by atoms with Crippen molar-refractivity contribution in [3.05, 3.63) is 48.0 Å². The molecule has 0 unspecified atom stereocenters. The topological polar surface area (TPSA) is 83.2 Å². The monoisotopic (exact) mass is 350 g/mol. The summed E-state index contributed by atoms with van der Waals surface area (Å²) >= 11 is 0. The molecule has 2 aromatic heterocycles. The van der Waals surface area contributed by atoms with Gasteiger partial charge in [-0.15, -0.1) is 0 Å². The van der Waals surface area contributed by atoms with Gasteiger partial charge in [-0.1, -0.05) is 30.3 Å². The number of rotatable bonds is 5. The van der Waals surface area contributed by atoms with Crippen LogP contribution in [0.3, 0.4) is 0 Å². The molecule has 0 radical (unpaired) electrons. The van der Waals surface area contributed by atoms with Crippen LogP contribution in [0.25, 0.3) is 33.1 Å². The second-order valence-corrected chi connectivity index (χ2v) is 6.99. The van der Waals surface area contributed by atoms with Gasteiger partial charge >= 0.3 is 0 Å². The standard InChI is InChI=1S/C20H22N4O2/c1-20(11-25,12-26)21-10-13-6-5-7-14-17-19(24(2)18(13)14)23-16-9-4-3-8-15(16)22-17/h3-9,21,25-26H,10-12H2,1-2H3. The lowest BCUT2D eigenvalue weighted by Crippen LogP contribution is -2.48. The number of nitrogens with zero attached hydrogens (tertiary/aromatic N) is 3. The van der Waals surface area contributed by atoms with Crippen molar-refractivity contribution < 1.29 is 10.2 Å². The lowest BCUT2D eigenvalue weighted by Gasteiger charge is -2.26. The van der Waals surface area contributed by atoms with Gasteiger partial charge in [0.15, 0.2) is 5.65 Å². The van der Waals surface area contributed by atoms with Crippen LogP contribution in [0.15, 0.2) is 42.5 Å². The number of aryl methyl sites for hydroxylation is 1. The SMILES string of the molecule is Cn1c2nc3ccccc3nc2c2cccc(CNC(C)(CO)CO)c21. The molecule has 0 aliphatic carbocycles. The highest BCUT2D eigenvalue weighted by atomic mass is 16.3. The molecule has 0 bridgehead atoms. The number of benzene rings is 2. The van der Waals surface area contributed by atoms with Crippen molar-refractivity contribution in [2.75, 3.05) is 13.2 Å². The average Bonchev–Trinajstić information content (AvgIpc) is 2.97. The Morgan fingerprint density at radius 2 is 1.69 bits per heavy atom. The minimum Gasteiger partial charge on any atom is -0.394 e. The van der Waals surface area contributed by atoms with Gasteiger partial charge in [0.05, 0.1) is 35.3 Å². The van der Waals surface area contributed by atoms with Crippen LogP contribution in [0.1, 0.15) is 12.5 Å². The molecule has 0 fully saturated rings. The molecule has 6 nitrogen and oxygen atoms in total. The number of fused-ring (bicyclic) bond motifs is 4. The van der Waals surface area contributed by atoms with E-state index in [2.05, 4.69) is 16.0 Å². The van der Waals surface area contributed by atoms with Crippen molar-refractivity contribution in [2.24, 2.45) is 7.05 Å². The fourth-order valence-electron chi connectivity index (χ4n) is 3.30. The Morgan fingerprint density at radius 3 is 2.38 bits per heavy atom. The number of aliphatic hydroxyl groups excluding tert-OH is 2. The molecule has 0 spiro atoms. The van der Waals surface area contributed by atoms with E-state index in [0.29, 0.717) is 6.54 Å². The Hall–Kier alpha value is -2.54. The molecule has 4 aromatic rings. The summed E-state index contributed by atoms with van der Waals surface area (Å²) in [4.78, 5) is 9.62. The van der Waals surface area contributed by atoms with Crippen molar-refractivity contribution >= 4 is 33.1 Å². The first kappa shape index (κ1) is 16.9. The summed E-state index contributed by atoms with van der Waals surface area (Å²) in [5.74, 6) is 0. The normalized spacial score (nSPS) is 12.5. The minimum atomic E-state index is -0.724. The maximum Gasteiger partial charge on any atom is 0.160 e. The molecule has 0 aliphatic rings. The molecule has 3 N–H and O–H groups in total. The van der Waals surface area contributed by atoms with E-state index in [1.807, 2.05) is 43.4 Å². The van der Waals surface area contributed by atoms with E-state index < -0.39 is 5.54 Å². The fraction of sp³-hybridized carbons (Fsp3) is 0.300. The summed E-state index contributed by atoms with van der Waals surface area (Å²) in [6.45, 7) is 2.05. The quantitative estimate of drug-likeness (QED) is 0.513. The van der Waals surface area contributed by atoms with Crippen LogP contribution >= 0.6 is 0 Å². The first-order chi connectivity index (χ1) is 12.6. The highest BCUT2D eigenvalue weighted by Crippen LogP contribution is 2.29. The Morgan fingerprint density at radius 1 is 1.00 bits per heavy atom. The lowest BCUT2D eigenvalue weighted by atomic mass is 10.0. The van der Waals surface area contributed by atoms with Crippen molar-refractivity contribution in [2.45, 2.75) is 19.0 Å². The predicted molar refractivity (Wildman–Crippen MR) is 103 cm³/mol. The summed E-state index contributed by atoms with van der Waals surface area (Å²) in [6, 6.07) is 14.0. The Kier molecular flexibility index (Phi) is 4.11. The Balaban J connectivity index is 1.89. The zero-order valence-corrected chi connectivity index (χ0v) is 14.9. The number of hydrogen-bond donors (Lipinski definition) is 3. The minimum absolute atomic E-state index is 0.136. The summed E-state index contributed by atoms with van der Waals surface area (Å²) in [5, 5.41) is 23.3.